The Morgan fingerprint density at radius 3 is 2.81 bits per heavy atom. The largest absolute Gasteiger partial charge is 0.466 e. The highest BCUT2D eigenvalue weighted by Crippen LogP contribution is 2.50. The number of aliphatic hydroxyl groups is 2. The molecule has 3 rings (SSSR count). The maximum Gasteiger partial charge on any atom is 0.305 e. The highest BCUT2D eigenvalue weighted by atomic mass is 16.5. The molecule has 0 saturated heterocycles. The molecule has 2 N–H and O–H groups in total. The zero-order valence-corrected chi connectivity index (χ0v) is 16.7. The Labute approximate surface area is 163 Å². The van der Waals surface area contributed by atoms with Crippen LogP contribution in [-0.4, -0.2) is 35.0 Å². The van der Waals surface area contributed by atoms with Crippen molar-refractivity contribution in [3.63, 3.8) is 0 Å². The van der Waals surface area contributed by atoms with Crippen molar-refractivity contribution in [2.45, 2.75) is 83.3 Å². The van der Waals surface area contributed by atoms with Crippen molar-refractivity contribution in [3.05, 3.63) is 23.8 Å². The molecule has 3 aliphatic carbocycles. The first-order valence-corrected chi connectivity index (χ1v) is 11.0. The van der Waals surface area contributed by atoms with Gasteiger partial charge < -0.3 is 14.9 Å². The molecule has 0 amide bonds. The number of ether oxygens (including phenoxy) is 1. The lowest BCUT2D eigenvalue weighted by atomic mass is 9.89. The molecule has 0 aliphatic heterocycles. The highest BCUT2D eigenvalue weighted by molar-refractivity contribution is 5.69. The van der Waals surface area contributed by atoms with Crippen LogP contribution >= 0.6 is 0 Å². The SMILES string of the molecule is CCOC(=O)CCC/C=C1\C[C@H]2C[C@@H](O)[C@@H](/C=C\[C@@H](O)C3CCCC3)[C@H]2C1. The van der Waals surface area contributed by atoms with Crippen molar-refractivity contribution in [1.29, 1.82) is 0 Å². The van der Waals surface area contributed by atoms with E-state index in [9.17, 15) is 15.0 Å². The summed E-state index contributed by atoms with van der Waals surface area (Å²) in [6.07, 6.45) is 15.8. The lowest BCUT2D eigenvalue weighted by molar-refractivity contribution is -0.143. The summed E-state index contributed by atoms with van der Waals surface area (Å²) in [4.78, 5) is 11.4. The number of fused-ring (bicyclic) bond motifs is 1. The first-order valence-electron chi connectivity index (χ1n) is 11.0. The van der Waals surface area contributed by atoms with E-state index in [-0.39, 0.29) is 24.1 Å². The first-order chi connectivity index (χ1) is 13.1. The van der Waals surface area contributed by atoms with Crippen LogP contribution in [0.15, 0.2) is 23.8 Å². The molecule has 0 aromatic heterocycles. The molecule has 0 unspecified atom stereocenters. The summed E-state index contributed by atoms with van der Waals surface area (Å²) in [6, 6.07) is 0. The minimum atomic E-state index is -0.349. The predicted molar refractivity (Wildman–Crippen MR) is 106 cm³/mol. The average Bonchev–Trinajstić information content (AvgIpc) is 3.34. The van der Waals surface area contributed by atoms with Crippen LogP contribution in [0.4, 0.5) is 0 Å². The van der Waals surface area contributed by atoms with Gasteiger partial charge in [0.25, 0.3) is 0 Å². The monoisotopic (exact) mass is 376 g/mol. The topological polar surface area (TPSA) is 66.8 Å². The summed E-state index contributed by atoms with van der Waals surface area (Å²) in [7, 11) is 0. The minimum absolute atomic E-state index is 0.103. The third-order valence-corrected chi connectivity index (χ3v) is 6.85. The van der Waals surface area contributed by atoms with Gasteiger partial charge in [0, 0.05) is 12.3 Å². The van der Waals surface area contributed by atoms with Crippen LogP contribution in [0.5, 0.6) is 0 Å². The van der Waals surface area contributed by atoms with Crippen LogP contribution in [0.1, 0.15) is 71.1 Å². The molecule has 4 heteroatoms. The van der Waals surface area contributed by atoms with Crippen molar-refractivity contribution >= 4 is 5.97 Å². The molecule has 27 heavy (non-hydrogen) atoms. The van der Waals surface area contributed by atoms with E-state index in [1.807, 2.05) is 13.0 Å². The number of allylic oxidation sites excluding steroid dienone is 2. The number of rotatable bonds is 8. The first kappa shape index (κ1) is 20.6. The van der Waals surface area contributed by atoms with Crippen LogP contribution in [0, 0.1) is 23.7 Å². The van der Waals surface area contributed by atoms with Gasteiger partial charge in [0.2, 0.25) is 0 Å². The van der Waals surface area contributed by atoms with E-state index >= 15 is 0 Å². The Morgan fingerprint density at radius 2 is 2.07 bits per heavy atom. The van der Waals surface area contributed by atoms with Gasteiger partial charge in [-0.25, -0.2) is 0 Å². The van der Waals surface area contributed by atoms with Gasteiger partial charge in [-0.1, -0.05) is 36.6 Å². The fraction of sp³-hybridized carbons (Fsp3) is 0.783. The quantitative estimate of drug-likeness (QED) is 0.379. The Balaban J connectivity index is 1.48. The lowest BCUT2D eigenvalue weighted by Gasteiger charge is -2.19. The number of hydrogen-bond donors (Lipinski definition) is 2. The minimum Gasteiger partial charge on any atom is -0.466 e. The molecule has 0 radical (unpaired) electrons. The van der Waals surface area contributed by atoms with Crippen LogP contribution < -0.4 is 0 Å². The molecular formula is C23H36O4. The van der Waals surface area contributed by atoms with E-state index < -0.39 is 0 Å². The number of unbranched alkanes of at least 4 members (excludes halogenated alkanes) is 1. The molecule has 0 aromatic carbocycles. The third-order valence-electron chi connectivity index (χ3n) is 6.85. The standard InChI is InChI=1S/C23H36O4/c1-2-27-23(26)10-6-3-7-16-13-18-15-22(25)19(20(18)14-16)11-12-21(24)17-8-4-5-9-17/h7,11-12,17-22,24-25H,2-6,8-10,13-15H2,1H3/b12-11-,16-7+/t18-,19-,20-,21+,22+/m0/s1. The van der Waals surface area contributed by atoms with Crippen molar-refractivity contribution in [1.82, 2.24) is 0 Å². The summed E-state index contributed by atoms with van der Waals surface area (Å²) < 4.78 is 4.97. The smallest absolute Gasteiger partial charge is 0.305 e. The fourth-order valence-electron chi connectivity index (χ4n) is 5.42. The Kier molecular flexibility index (Phi) is 7.54. The number of esters is 1. The maximum atomic E-state index is 11.4. The molecule has 3 aliphatic rings. The van der Waals surface area contributed by atoms with Crippen molar-refractivity contribution < 1.29 is 19.7 Å². The average molecular weight is 377 g/mol. The van der Waals surface area contributed by atoms with Crippen molar-refractivity contribution in [2.75, 3.05) is 6.61 Å². The molecule has 0 spiro atoms. The van der Waals surface area contributed by atoms with Gasteiger partial charge in [-0.15, -0.1) is 0 Å². The number of carbonyl (C=O) groups excluding carboxylic acids is 1. The lowest BCUT2D eigenvalue weighted by Crippen LogP contribution is -2.19. The van der Waals surface area contributed by atoms with Crippen molar-refractivity contribution in [2.24, 2.45) is 23.7 Å². The zero-order chi connectivity index (χ0) is 19.2. The van der Waals surface area contributed by atoms with Gasteiger partial charge in [-0.05, 0) is 69.6 Å². The highest BCUT2D eigenvalue weighted by Gasteiger charge is 2.45. The Morgan fingerprint density at radius 1 is 1.30 bits per heavy atom. The van der Waals surface area contributed by atoms with E-state index in [4.69, 9.17) is 4.74 Å². The van der Waals surface area contributed by atoms with E-state index in [2.05, 4.69) is 12.2 Å². The van der Waals surface area contributed by atoms with Gasteiger partial charge in [0.05, 0.1) is 18.8 Å². The summed E-state index contributed by atoms with van der Waals surface area (Å²) in [5, 5.41) is 20.9. The van der Waals surface area contributed by atoms with E-state index in [0.717, 1.165) is 44.9 Å². The maximum absolute atomic E-state index is 11.4. The third kappa shape index (κ3) is 5.45. The summed E-state index contributed by atoms with van der Waals surface area (Å²) in [6.45, 7) is 2.29. The number of hydrogen-bond acceptors (Lipinski definition) is 4. The van der Waals surface area contributed by atoms with Crippen LogP contribution in [-0.2, 0) is 9.53 Å². The summed E-state index contributed by atoms with van der Waals surface area (Å²) in [5.41, 5.74) is 1.48. The second kappa shape index (κ2) is 9.88. The van der Waals surface area contributed by atoms with E-state index in [1.165, 1.54) is 18.4 Å². The van der Waals surface area contributed by atoms with Gasteiger partial charge in [-0.2, -0.15) is 0 Å². The molecule has 152 valence electrons. The molecule has 4 nitrogen and oxygen atoms in total. The molecule has 0 heterocycles. The van der Waals surface area contributed by atoms with Gasteiger partial charge in [0.15, 0.2) is 0 Å². The number of aliphatic hydroxyl groups excluding tert-OH is 2. The molecule has 5 atom stereocenters. The normalized spacial score (nSPS) is 33.8. The van der Waals surface area contributed by atoms with Gasteiger partial charge in [0.1, 0.15) is 0 Å². The van der Waals surface area contributed by atoms with Crippen LogP contribution in [0.3, 0.4) is 0 Å². The summed E-state index contributed by atoms with van der Waals surface area (Å²) >= 11 is 0. The second-order valence-electron chi connectivity index (χ2n) is 8.69. The van der Waals surface area contributed by atoms with Gasteiger partial charge in [-0.3, -0.25) is 4.79 Å². The van der Waals surface area contributed by atoms with Crippen LogP contribution in [0.25, 0.3) is 0 Å². The van der Waals surface area contributed by atoms with Crippen LogP contribution in [0.2, 0.25) is 0 Å². The Hall–Kier alpha value is -1.13. The second-order valence-corrected chi connectivity index (χ2v) is 8.69. The molecule has 3 saturated carbocycles. The molecule has 0 aromatic rings. The van der Waals surface area contributed by atoms with E-state index in [0.29, 0.717) is 30.8 Å². The summed E-state index contributed by atoms with van der Waals surface area (Å²) in [5.74, 6) is 1.55. The fourth-order valence-corrected chi connectivity index (χ4v) is 5.42. The zero-order valence-electron chi connectivity index (χ0n) is 16.7. The number of carbonyl (C=O) groups is 1. The molecule has 3 fully saturated rings. The molecule has 0 bridgehead atoms. The predicted octanol–water partition coefficient (Wildman–Crippen LogP) is 4.16. The molecular weight excluding hydrogens is 340 g/mol. The van der Waals surface area contributed by atoms with E-state index in [1.54, 1.807) is 0 Å². The Bertz CT molecular complexity index is 547. The van der Waals surface area contributed by atoms with Crippen molar-refractivity contribution in [3.8, 4) is 0 Å². The van der Waals surface area contributed by atoms with Gasteiger partial charge >= 0.3 is 5.97 Å².